The van der Waals surface area contributed by atoms with Gasteiger partial charge in [0.1, 0.15) is 0 Å². The Morgan fingerprint density at radius 3 is 1.22 bits per heavy atom. The fourth-order valence-corrected chi connectivity index (χ4v) is 13.6. The Hall–Kier alpha value is -1.70. The summed E-state index contributed by atoms with van der Waals surface area (Å²) in [7, 11) is 0. The van der Waals surface area contributed by atoms with E-state index in [9.17, 15) is 9.59 Å². The summed E-state index contributed by atoms with van der Waals surface area (Å²) in [5, 5.41) is 0. The zero-order valence-electron chi connectivity index (χ0n) is 20.4. The van der Waals surface area contributed by atoms with E-state index < -0.39 is 0 Å². The molecular formula is C28H34O2Se2. The molecule has 0 amide bonds. The summed E-state index contributed by atoms with van der Waals surface area (Å²) < 4.78 is 2.79. The molecule has 2 aromatic rings. The van der Waals surface area contributed by atoms with Crippen LogP contribution in [0.5, 0.6) is 0 Å². The second-order valence-corrected chi connectivity index (χ2v) is 16.1. The maximum atomic E-state index is 12.1. The Kier molecular flexibility index (Phi) is 9.08. The van der Waals surface area contributed by atoms with E-state index in [1.807, 2.05) is 48.5 Å². The molecule has 0 aliphatic rings. The summed E-state index contributed by atoms with van der Waals surface area (Å²) in [4.78, 5) is 24.3. The van der Waals surface area contributed by atoms with Crippen LogP contribution in [0.3, 0.4) is 0 Å². The van der Waals surface area contributed by atoms with Crippen molar-refractivity contribution < 1.29 is 9.59 Å². The first-order chi connectivity index (χ1) is 14.8. The average molecular weight is 560 g/mol. The second kappa shape index (κ2) is 10.9. The van der Waals surface area contributed by atoms with Gasteiger partial charge in [0.15, 0.2) is 0 Å². The molecule has 0 saturated heterocycles. The van der Waals surface area contributed by atoms with E-state index in [0.717, 1.165) is 22.3 Å². The van der Waals surface area contributed by atoms with Crippen LogP contribution in [0, 0.1) is 10.8 Å². The summed E-state index contributed by atoms with van der Waals surface area (Å²) in [5.74, 6) is 0.193. The van der Waals surface area contributed by atoms with Crippen LogP contribution in [-0.2, 0) is 0 Å². The Morgan fingerprint density at radius 1 is 0.625 bits per heavy atom. The molecule has 170 valence electrons. The third kappa shape index (κ3) is 7.42. The standard InChI is InChI=1S/C28H34O2Se2/c1-19(29)23-15-11-9-13-21(23)17-25(27(3,4)5)31-32-26(28(6,7)8)18-22-14-10-12-16-24(22)20(2)30/h9-18H,1-8H3/b25-17-,26-18-. The fraction of sp³-hybridized carbons (Fsp3) is 0.357. The van der Waals surface area contributed by atoms with Crippen LogP contribution in [0.4, 0.5) is 0 Å². The number of hydrogen-bond acceptors (Lipinski definition) is 2. The molecule has 0 N–H and O–H groups in total. The van der Waals surface area contributed by atoms with Crippen molar-refractivity contribution in [3.63, 3.8) is 0 Å². The van der Waals surface area contributed by atoms with Crippen LogP contribution < -0.4 is 0 Å². The minimum absolute atomic E-state index is 0.0198. The number of rotatable bonds is 7. The number of hydrogen-bond donors (Lipinski definition) is 0. The van der Waals surface area contributed by atoms with Crippen molar-refractivity contribution in [3.8, 4) is 0 Å². The van der Waals surface area contributed by atoms with Gasteiger partial charge >= 0.3 is 206 Å². The number of ketones is 2. The fourth-order valence-electron chi connectivity index (χ4n) is 2.99. The number of carbonyl (C=O) groups excluding carboxylic acids is 2. The first-order valence-corrected chi connectivity index (χ1v) is 16.8. The van der Waals surface area contributed by atoms with Gasteiger partial charge in [0.25, 0.3) is 0 Å². The molecule has 0 aliphatic heterocycles. The van der Waals surface area contributed by atoms with Gasteiger partial charge in [0.2, 0.25) is 0 Å². The number of Topliss-reactive ketones (excluding diaryl/α,β-unsaturated/α-hetero) is 2. The molecule has 2 aromatic carbocycles. The van der Waals surface area contributed by atoms with E-state index in [0.29, 0.717) is 0 Å². The summed E-state index contributed by atoms with van der Waals surface area (Å²) in [5.41, 5.74) is 3.60. The van der Waals surface area contributed by atoms with Gasteiger partial charge in [-0.25, -0.2) is 0 Å². The molecule has 2 rings (SSSR count). The van der Waals surface area contributed by atoms with E-state index in [-0.39, 0.29) is 48.7 Å². The van der Waals surface area contributed by atoms with Crippen LogP contribution in [0.2, 0.25) is 0 Å². The summed E-state index contributed by atoms with van der Waals surface area (Å²) in [6.07, 6.45) is 4.48. The molecule has 0 heterocycles. The minimum atomic E-state index is 0.0198. The molecule has 32 heavy (non-hydrogen) atoms. The third-order valence-electron chi connectivity index (χ3n) is 4.95. The van der Waals surface area contributed by atoms with Crippen molar-refractivity contribution in [1.82, 2.24) is 0 Å². The quantitative estimate of drug-likeness (QED) is 0.273. The van der Waals surface area contributed by atoms with Crippen LogP contribution in [0.25, 0.3) is 12.2 Å². The first-order valence-electron chi connectivity index (χ1n) is 10.8. The van der Waals surface area contributed by atoms with Gasteiger partial charge in [-0.3, -0.25) is 0 Å². The Labute approximate surface area is 204 Å². The molecule has 0 unspecified atom stereocenters. The summed E-state index contributed by atoms with van der Waals surface area (Å²) in [6, 6.07) is 15.7. The molecule has 0 spiro atoms. The van der Waals surface area contributed by atoms with Gasteiger partial charge in [-0.05, 0) is 0 Å². The van der Waals surface area contributed by atoms with Crippen LogP contribution in [-0.4, -0.2) is 37.8 Å². The third-order valence-corrected chi connectivity index (χ3v) is 13.8. The topological polar surface area (TPSA) is 34.1 Å². The van der Waals surface area contributed by atoms with Crippen LogP contribution >= 0.6 is 0 Å². The van der Waals surface area contributed by atoms with Gasteiger partial charge < -0.3 is 0 Å². The van der Waals surface area contributed by atoms with Crippen molar-refractivity contribution in [3.05, 3.63) is 79.7 Å². The van der Waals surface area contributed by atoms with Gasteiger partial charge in [-0.1, -0.05) is 0 Å². The Morgan fingerprint density at radius 2 is 0.938 bits per heavy atom. The summed E-state index contributed by atoms with van der Waals surface area (Å²) >= 11 is 0.527. The van der Waals surface area contributed by atoms with E-state index in [2.05, 4.69) is 53.7 Å². The van der Waals surface area contributed by atoms with E-state index in [4.69, 9.17) is 0 Å². The van der Waals surface area contributed by atoms with Crippen LogP contribution in [0.1, 0.15) is 87.2 Å². The normalized spacial score (nSPS) is 13.2. The molecule has 0 bridgehead atoms. The molecule has 0 saturated carbocycles. The predicted molar refractivity (Wildman–Crippen MR) is 139 cm³/mol. The first kappa shape index (κ1) is 26.6. The average Bonchev–Trinajstić information content (AvgIpc) is 2.68. The van der Waals surface area contributed by atoms with Gasteiger partial charge in [-0.15, -0.1) is 0 Å². The zero-order chi connectivity index (χ0) is 24.1. The monoisotopic (exact) mass is 562 g/mol. The van der Waals surface area contributed by atoms with Gasteiger partial charge in [-0.2, -0.15) is 0 Å². The van der Waals surface area contributed by atoms with Gasteiger partial charge in [0, 0.05) is 0 Å². The molecule has 0 aliphatic carbocycles. The number of carbonyl (C=O) groups is 2. The molecule has 0 fully saturated rings. The molecular weight excluding hydrogens is 526 g/mol. The zero-order valence-corrected chi connectivity index (χ0v) is 23.8. The van der Waals surface area contributed by atoms with E-state index in [1.54, 1.807) is 13.8 Å². The SMILES string of the molecule is CC(=O)c1ccccc1/C=C(\[Se][Se]/C(=C\c1ccccc1C(C)=O)C(C)(C)C)C(C)(C)C. The Bertz CT molecular complexity index is 962. The summed E-state index contributed by atoms with van der Waals surface area (Å²) in [6.45, 7) is 16.8. The van der Waals surface area contributed by atoms with Crippen molar-refractivity contribution in [2.75, 3.05) is 0 Å². The molecule has 0 aromatic heterocycles. The Balaban J connectivity index is 2.47. The molecule has 0 atom stereocenters. The molecule has 0 radical (unpaired) electrons. The molecule has 2 nitrogen and oxygen atoms in total. The number of allylic oxidation sites excluding steroid dienone is 2. The van der Waals surface area contributed by atoms with Crippen molar-refractivity contribution in [1.29, 1.82) is 0 Å². The molecule has 4 heteroatoms. The van der Waals surface area contributed by atoms with Crippen molar-refractivity contribution in [2.24, 2.45) is 10.8 Å². The maximum absolute atomic E-state index is 12.1. The number of benzene rings is 2. The van der Waals surface area contributed by atoms with Gasteiger partial charge in [0.05, 0.1) is 0 Å². The van der Waals surface area contributed by atoms with Crippen LogP contribution in [0.15, 0.2) is 57.5 Å². The van der Waals surface area contributed by atoms with Crippen molar-refractivity contribution in [2.45, 2.75) is 55.4 Å². The van der Waals surface area contributed by atoms with E-state index in [1.165, 1.54) is 8.94 Å². The second-order valence-electron chi connectivity index (χ2n) is 9.97. The predicted octanol–water partition coefficient (Wildman–Crippen LogP) is 6.89. The van der Waals surface area contributed by atoms with E-state index >= 15 is 0 Å². The van der Waals surface area contributed by atoms with Crippen molar-refractivity contribution >= 4 is 50.0 Å².